The minimum absolute atomic E-state index is 0.0858. The fourth-order valence-corrected chi connectivity index (χ4v) is 1.84. The maximum Gasteiger partial charge on any atom is 0.110 e. The summed E-state index contributed by atoms with van der Waals surface area (Å²) in [4.78, 5) is 4.32. The van der Waals surface area contributed by atoms with Crippen LogP contribution < -0.4 is 5.73 Å². The average molecular weight is 225 g/mol. The van der Waals surface area contributed by atoms with E-state index >= 15 is 0 Å². The molecule has 92 valence electrons. The molecule has 0 amide bonds. The van der Waals surface area contributed by atoms with Crippen molar-refractivity contribution < 1.29 is 4.74 Å². The van der Waals surface area contributed by atoms with Crippen LogP contribution in [0.15, 0.2) is 12.4 Å². The van der Waals surface area contributed by atoms with Gasteiger partial charge in [0.05, 0.1) is 5.60 Å². The highest BCUT2D eigenvalue weighted by Gasteiger charge is 2.21. The van der Waals surface area contributed by atoms with Gasteiger partial charge in [-0.25, -0.2) is 4.98 Å². The van der Waals surface area contributed by atoms with Crippen LogP contribution in [0, 0.1) is 0 Å². The van der Waals surface area contributed by atoms with Gasteiger partial charge in [0.1, 0.15) is 5.82 Å². The van der Waals surface area contributed by atoms with E-state index < -0.39 is 0 Å². The summed E-state index contributed by atoms with van der Waals surface area (Å²) in [7, 11) is 1.72. The van der Waals surface area contributed by atoms with Crippen molar-refractivity contribution in [2.24, 2.45) is 5.73 Å². The Bertz CT molecular complexity index is 320. The van der Waals surface area contributed by atoms with Gasteiger partial charge in [0, 0.05) is 38.5 Å². The molecule has 0 aliphatic carbocycles. The van der Waals surface area contributed by atoms with Crippen LogP contribution in [-0.4, -0.2) is 28.3 Å². The van der Waals surface area contributed by atoms with E-state index in [2.05, 4.69) is 30.3 Å². The van der Waals surface area contributed by atoms with Gasteiger partial charge in [0.25, 0.3) is 0 Å². The second-order valence-corrected chi connectivity index (χ2v) is 4.76. The largest absolute Gasteiger partial charge is 0.379 e. The first-order valence-corrected chi connectivity index (χ1v) is 5.79. The number of nitrogens with zero attached hydrogens (tertiary/aromatic N) is 2. The third-order valence-corrected chi connectivity index (χ3v) is 2.89. The Hall–Kier alpha value is -0.870. The molecule has 0 aliphatic heterocycles. The number of methoxy groups -OCH3 is 1. The summed E-state index contributed by atoms with van der Waals surface area (Å²) in [6.45, 7) is 7.16. The number of imidazole rings is 1. The summed E-state index contributed by atoms with van der Waals surface area (Å²) in [6.07, 6.45) is 5.45. The molecule has 1 heterocycles. The van der Waals surface area contributed by atoms with E-state index in [1.54, 1.807) is 7.11 Å². The Balaban J connectivity index is 2.54. The van der Waals surface area contributed by atoms with Crippen LogP contribution in [0.25, 0.3) is 0 Å². The van der Waals surface area contributed by atoms with Crippen LogP contribution in [-0.2, 0) is 17.7 Å². The summed E-state index contributed by atoms with van der Waals surface area (Å²) in [5, 5.41) is 0. The van der Waals surface area contributed by atoms with Crippen LogP contribution in [0.2, 0.25) is 0 Å². The third-order valence-electron chi connectivity index (χ3n) is 2.89. The lowest BCUT2D eigenvalue weighted by Crippen LogP contribution is -2.35. The van der Waals surface area contributed by atoms with Gasteiger partial charge in [-0.05, 0) is 27.2 Å². The highest BCUT2D eigenvalue weighted by atomic mass is 16.5. The minimum Gasteiger partial charge on any atom is -0.379 e. The summed E-state index contributed by atoms with van der Waals surface area (Å²) in [5.41, 5.74) is 5.95. The van der Waals surface area contributed by atoms with Crippen LogP contribution >= 0.6 is 0 Å². The lowest BCUT2D eigenvalue weighted by molar-refractivity contribution is 0.0100. The van der Waals surface area contributed by atoms with Gasteiger partial charge in [-0.2, -0.15) is 0 Å². The molecule has 0 fully saturated rings. The molecule has 0 spiro atoms. The Morgan fingerprint density at radius 2 is 2.25 bits per heavy atom. The van der Waals surface area contributed by atoms with Crippen molar-refractivity contribution in [1.29, 1.82) is 0 Å². The van der Waals surface area contributed by atoms with Gasteiger partial charge in [0.15, 0.2) is 0 Å². The van der Waals surface area contributed by atoms with Gasteiger partial charge >= 0.3 is 0 Å². The Morgan fingerprint density at radius 3 is 2.81 bits per heavy atom. The molecular weight excluding hydrogens is 202 g/mol. The normalized spacial score (nSPS) is 14.1. The second kappa shape index (κ2) is 5.46. The van der Waals surface area contributed by atoms with E-state index in [0.29, 0.717) is 0 Å². The van der Waals surface area contributed by atoms with E-state index in [4.69, 9.17) is 10.5 Å². The smallest absolute Gasteiger partial charge is 0.110 e. The summed E-state index contributed by atoms with van der Waals surface area (Å²) in [5.74, 6) is 1.06. The van der Waals surface area contributed by atoms with E-state index in [9.17, 15) is 0 Å². The Labute approximate surface area is 97.8 Å². The molecule has 0 saturated heterocycles. The molecule has 1 aromatic heterocycles. The molecule has 0 aromatic carbocycles. The fraction of sp³-hybridized carbons (Fsp3) is 0.750. The molecule has 1 rings (SSSR count). The molecule has 0 radical (unpaired) electrons. The topological polar surface area (TPSA) is 53.1 Å². The van der Waals surface area contributed by atoms with Gasteiger partial charge in [-0.1, -0.05) is 0 Å². The lowest BCUT2D eigenvalue weighted by Gasteiger charge is -2.26. The van der Waals surface area contributed by atoms with E-state index in [1.807, 2.05) is 12.4 Å². The average Bonchev–Trinajstić information content (AvgIpc) is 2.64. The second-order valence-electron chi connectivity index (χ2n) is 4.76. The zero-order valence-electron chi connectivity index (χ0n) is 10.7. The van der Waals surface area contributed by atoms with Crippen LogP contribution in [0.5, 0.6) is 0 Å². The molecule has 16 heavy (non-hydrogen) atoms. The van der Waals surface area contributed by atoms with Gasteiger partial charge < -0.3 is 15.0 Å². The van der Waals surface area contributed by atoms with E-state index in [1.165, 1.54) is 0 Å². The summed E-state index contributed by atoms with van der Waals surface area (Å²) < 4.78 is 7.50. The zero-order valence-corrected chi connectivity index (χ0v) is 10.7. The Morgan fingerprint density at radius 1 is 1.56 bits per heavy atom. The molecule has 1 unspecified atom stereocenters. The molecule has 2 N–H and O–H groups in total. The summed E-state index contributed by atoms with van der Waals surface area (Å²) in [6, 6.07) is 0.0858. The maximum absolute atomic E-state index is 6.12. The molecule has 4 heteroatoms. The molecule has 0 aliphatic rings. The minimum atomic E-state index is -0.164. The number of ether oxygens (including phenoxy) is 1. The van der Waals surface area contributed by atoms with Crippen molar-refractivity contribution in [3.05, 3.63) is 18.2 Å². The molecule has 0 saturated carbocycles. The van der Waals surface area contributed by atoms with Crippen molar-refractivity contribution in [3.63, 3.8) is 0 Å². The standard InChI is InChI=1S/C12H23N3O/c1-5-15-7-6-14-11(15)8-10(13)9-12(2,3)16-4/h6-7,10H,5,8-9,13H2,1-4H3. The van der Waals surface area contributed by atoms with Crippen molar-refractivity contribution >= 4 is 0 Å². The van der Waals surface area contributed by atoms with Crippen LogP contribution in [0.4, 0.5) is 0 Å². The summed E-state index contributed by atoms with van der Waals surface area (Å²) >= 11 is 0. The first-order chi connectivity index (χ1) is 7.48. The quantitative estimate of drug-likeness (QED) is 0.800. The first kappa shape index (κ1) is 13.2. The number of hydrogen-bond donors (Lipinski definition) is 1. The molecule has 1 atom stereocenters. The highest BCUT2D eigenvalue weighted by Crippen LogP contribution is 2.16. The van der Waals surface area contributed by atoms with E-state index in [-0.39, 0.29) is 11.6 Å². The SMILES string of the molecule is CCn1ccnc1CC(N)CC(C)(C)OC. The predicted molar refractivity (Wildman–Crippen MR) is 65.3 cm³/mol. The zero-order chi connectivity index (χ0) is 12.2. The fourth-order valence-electron chi connectivity index (χ4n) is 1.84. The number of nitrogens with two attached hydrogens (primary N) is 1. The molecule has 4 nitrogen and oxygen atoms in total. The van der Waals surface area contributed by atoms with Crippen molar-refractivity contribution in [2.45, 2.75) is 51.8 Å². The molecule has 0 bridgehead atoms. The van der Waals surface area contributed by atoms with Crippen LogP contribution in [0.1, 0.15) is 33.0 Å². The molecular formula is C12H23N3O. The monoisotopic (exact) mass is 225 g/mol. The number of aryl methyl sites for hydroxylation is 1. The number of hydrogen-bond acceptors (Lipinski definition) is 3. The van der Waals surface area contributed by atoms with Crippen molar-refractivity contribution in [1.82, 2.24) is 9.55 Å². The number of rotatable bonds is 6. The van der Waals surface area contributed by atoms with Gasteiger partial charge in [0.2, 0.25) is 0 Å². The van der Waals surface area contributed by atoms with Crippen molar-refractivity contribution in [3.8, 4) is 0 Å². The molecule has 1 aromatic rings. The first-order valence-electron chi connectivity index (χ1n) is 5.79. The van der Waals surface area contributed by atoms with E-state index in [0.717, 1.165) is 25.2 Å². The van der Waals surface area contributed by atoms with Gasteiger partial charge in [-0.3, -0.25) is 0 Å². The van der Waals surface area contributed by atoms with Gasteiger partial charge in [-0.15, -0.1) is 0 Å². The third kappa shape index (κ3) is 3.61. The predicted octanol–water partition coefficient (Wildman–Crippen LogP) is 1.59. The lowest BCUT2D eigenvalue weighted by atomic mass is 9.97. The maximum atomic E-state index is 6.12. The Kier molecular flexibility index (Phi) is 4.50. The van der Waals surface area contributed by atoms with Crippen molar-refractivity contribution in [2.75, 3.05) is 7.11 Å². The number of aromatic nitrogens is 2. The highest BCUT2D eigenvalue weighted by molar-refractivity contribution is 4.96. The van der Waals surface area contributed by atoms with Crippen LogP contribution in [0.3, 0.4) is 0 Å².